The number of rotatable bonds is 4. The molecule has 1 aromatic carbocycles. The quantitative estimate of drug-likeness (QED) is 0.496. The van der Waals surface area contributed by atoms with Gasteiger partial charge in [0, 0.05) is 22.6 Å². The summed E-state index contributed by atoms with van der Waals surface area (Å²) in [6, 6.07) is 4.90. The third-order valence-electron chi connectivity index (χ3n) is 3.58. The molecule has 1 fully saturated rings. The first-order valence-electron chi connectivity index (χ1n) is 6.67. The zero-order valence-corrected chi connectivity index (χ0v) is 14.2. The topological polar surface area (TPSA) is 85.1 Å². The molecular formula is C14H11Cl2N3O3S. The standard InChI is InChI=1S/C14H11Cl2N3O3S/c1-7-2-3-8(4-11(7)19(21)22)10-6-23-13(17-10)18-12(20)9-5-14(9,15)16/h2-4,6,9H,5H2,1H3,(H,17,18,20). The predicted molar refractivity (Wildman–Crippen MR) is 90.1 cm³/mol. The van der Waals surface area contributed by atoms with E-state index in [2.05, 4.69) is 10.3 Å². The van der Waals surface area contributed by atoms with E-state index in [1.54, 1.807) is 24.4 Å². The minimum Gasteiger partial charge on any atom is -0.302 e. The van der Waals surface area contributed by atoms with Crippen molar-refractivity contribution in [3.8, 4) is 11.3 Å². The second kappa shape index (κ2) is 5.74. The molecule has 2 aromatic rings. The fourth-order valence-electron chi connectivity index (χ4n) is 2.12. The van der Waals surface area contributed by atoms with Crippen molar-refractivity contribution in [1.82, 2.24) is 4.98 Å². The van der Waals surface area contributed by atoms with Gasteiger partial charge in [0.05, 0.1) is 16.5 Å². The van der Waals surface area contributed by atoms with Gasteiger partial charge in [-0.1, -0.05) is 12.1 Å². The number of halogens is 2. The molecule has 9 heteroatoms. The molecule has 1 atom stereocenters. The van der Waals surface area contributed by atoms with Gasteiger partial charge in [-0.15, -0.1) is 34.5 Å². The van der Waals surface area contributed by atoms with Gasteiger partial charge < -0.3 is 5.32 Å². The van der Waals surface area contributed by atoms with E-state index in [-0.39, 0.29) is 11.6 Å². The third-order valence-corrected chi connectivity index (χ3v) is 5.17. The van der Waals surface area contributed by atoms with E-state index < -0.39 is 15.2 Å². The molecule has 0 radical (unpaired) electrons. The molecule has 120 valence electrons. The van der Waals surface area contributed by atoms with Crippen LogP contribution in [0.25, 0.3) is 11.3 Å². The fraction of sp³-hybridized carbons (Fsp3) is 0.286. The molecule has 1 aliphatic rings. The second-order valence-corrected chi connectivity index (χ2v) is 7.70. The summed E-state index contributed by atoms with van der Waals surface area (Å²) < 4.78 is -0.984. The molecule has 1 N–H and O–H groups in total. The summed E-state index contributed by atoms with van der Waals surface area (Å²) in [4.78, 5) is 26.8. The number of alkyl halides is 2. The molecule has 1 heterocycles. The number of nitrogens with one attached hydrogen (secondary N) is 1. The van der Waals surface area contributed by atoms with Crippen LogP contribution in [-0.2, 0) is 4.79 Å². The van der Waals surface area contributed by atoms with Crippen LogP contribution in [-0.4, -0.2) is 20.1 Å². The molecule has 1 unspecified atom stereocenters. The van der Waals surface area contributed by atoms with Crippen LogP contribution in [0.15, 0.2) is 23.6 Å². The van der Waals surface area contributed by atoms with Gasteiger partial charge in [-0.2, -0.15) is 0 Å². The maximum absolute atomic E-state index is 11.9. The van der Waals surface area contributed by atoms with Crippen LogP contribution in [0.5, 0.6) is 0 Å². The zero-order valence-electron chi connectivity index (χ0n) is 11.9. The largest absolute Gasteiger partial charge is 0.302 e. The third kappa shape index (κ3) is 3.31. The summed E-state index contributed by atoms with van der Waals surface area (Å²) in [7, 11) is 0. The number of aromatic nitrogens is 1. The van der Waals surface area contributed by atoms with Gasteiger partial charge in [-0.25, -0.2) is 4.98 Å². The molecular weight excluding hydrogens is 361 g/mol. The number of hydrogen-bond donors (Lipinski definition) is 1. The maximum Gasteiger partial charge on any atom is 0.272 e. The van der Waals surface area contributed by atoms with E-state index in [9.17, 15) is 14.9 Å². The Morgan fingerprint density at radius 1 is 1.52 bits per heavy atom. The highest BCUT2D eigenvalue weighted by atomic mass is 35.5. The molecule has 0 spiro atoms. The summed E-state index contributed by atoms with van der Waals surface area (Å²) >= 11 is 12.9. The number of nitrogens with zero attached hydrogens (tertiary/aromatic N) is 2. The number of aryl methyl sites for hydroxylation is 1. The molecule has 1 amide bonds. The normalized spacial score (nSPS) is 18.5. The van der Waals surface area contributed by atoms with Crippen molar-refractivity contribution in [3.63, 3.8) is 0 Å². The van der Waals surface area contributed by atoms with Gasteiger partial charge in [0.2, 0.25) is 5.91 Å². The van der Waals surface area contributed by atoms with Crippen LogP contribution in [0.2, 0.25) is 0 Å². The van der Waals surface area contributed by atoms with Crippen molar-refractivity contribution in [1.29, 1.82) is 0 Å². The van der Waals surface area contributed by atoms with Crippen molar-refractivity contribution in [3.05, 3.63) is 39.3 Å². The molecule has 0 saturated heterocycles. The summed E-state index contributed by atoms with van der Waals surface area (Å²) in [6.07, 6.45) is 0.421. The zero-order chi connectivity index (χ0) is 16.8. The molecule has 1 aromatic heterocycles. The maximum atomic E-state index is 11.9. The van der Waals surface area contributed by atoms with Crippen molar-refractivity contribution in [2.45, 2.75) is 17.7 Å². The number of carbonyl (C=O) groups excluding carboxylic acids is 1. The lowest BCUT2D eigenvalue weighted by Gasteiger charge is -2.01. The highest BCUT2D eigenvalue weighted by Crippen LogP contribution is 2.53. The fourth-order valence-corrected chi connectivity index (χ4v) is 3.35. The lowest BCUT2D eigenvalue weighted by Crippen LogP contribution is -2.16. The van der Waals surface area contributed by atoms with Crippen LogP contribution < -0.4 is 5.32 Å². The Morgan fingerprint density at radius 2 is 2.22 bits per heavy atom. The van der Waals surface area contributed by atoms with Gasteiger partial charge in [-0.3, -0.25) is 14.9 Å². The van der Waals surface area contributed by atoms with E-state index in [0.29, 0.717) is 28.4 Å². The van der Waals surface area contributed by atoms with E-state index in [0.717, 1.165) is 0 Å². The predicted octanol–water partition coefficient (Wildman–Crippen LogP) is 4.16. The van der Waals surface area contributed by atoms with Crippen LogP contribution in [0.4, 0.5) is 10.8 Å². The molecule has 1 aliphatic carbocycles. The molecule has 0 aliphatic heterocycles. The van der Waals surface area contributed by atoms with E-state index in [4.69, 9.17) is 23.2 Å². The highest BCUT2D eigenvalue weighted by Gasteiger charge is 2.56. The summed E-state index contributed by atoms with van der Waals surface area (Å²) in [5.41, 5.74) is 1.80. The number of nitro benzene ring substituents is 1. The van der Waals surface area contributed by atoms with Crippen LogP contribution >= 0.6 is 34.5 Å². The highest BCUT2D eigenvalue weighted by molar-refractivity contribution is 7.14. The number of anilines is 1. The molecule has 3 rings (SSSR count). The first kappa shape index (κ1) is 16.2. The summed E-state index contributed by atoms with van der Waals surface area (Å²) in [5.74, 6) is -0.704. The molecule has 1 saturated carbocycles. The summed E-state index contributed by atoms with van der Waals surface area (Å²) in [5, 5.41) is 15.8. The monoisotopic (exact) mass is 371 g/mol. The lowest BCUT2D eigenvalue weighted by atomic mass is 10.1. The number of benzene rings is 1. The van der Waals surface area contributed by atoms with Gasteiger partial charge >= 0.3 is 0 Å². The van der Waals surface area contributed by atoms with Crippen LogP contribution in [0, 0.1) is 23.0 Å². The average Bonchev–Trinajstić information content (AvgIpc) is 2.90. The number of hydrogen-bond acceptors (Lipinski definition) is 5. The summed E-state index contributed by atoms with van der Waals surface area (Å²) in [6.45, 7) is 1.68. The Bertz CT molecular complexity index is 806. The molecule has 23 heavy (non-hydrogen) atoms. The Labute approximate surface area is 145 Å². The average molecular weight is 372 g/mol. The van der Waals surface area contributed by atoms with Crippen molar-refractivity contribution in [2.24, 2.45) is 5.92 Å². The van der Waals surface area contributed by atoms with Gasteiger partial charge in [0.25, 0.3) is 5.69 Å². The molecule has 6 nitrogen and oxygen atoms in total. The van der Waals surface area contributed by atoms with Crippen molar-refractivity contribution >= 4 is 51.3 Å². The van der Waals surface area contributed by atoms with Gasteiger partial charge in [-0.05, 0) is 13.3 Å². The van der Waals surface area contributed by atoms with Crippen molar-refractivity contribution in [2.75, 3.05) is 5.32 Å². The number of carbonyl (C=O) groups is 1. The minimum absolute atomic E-state index is 0.0353. The van der Waals surface area contributed by atoms with Crippen LogP contribution in [0.3, 0.4) is 0 Å². The minimum atomic E-state index is -0.984. The number of amides is 1. The first-order chi connectivity index (χ1) is 10.8. The number of thiazole rings is 1. The molecule has 0 bridgehead atoms. The SMILES string of the molecule is Cc1ccc(-c2csc(NC(=O)C3CC3(Cl)Cl)n2)cc1[N+](=O)[O-]. The Balaban J connectivity index is 1.78. The smallest absolute Gasteiger partial charge is 0.272 e. The Kier molecular flexibility index (Phi) is 4.03. The number of nitro groups is 1. The van der Waals surface area contributed by atoms with Gasteiger partial charge in [0.15, 0.2) is 5.13 Å². The second-order valence-electron chi connectivity index (χ2n) is 5.30. The Hall–Kier alpha value is -1.70. The van der Waals surface area contributed by atoms with E-state index >= 15 is 0 Å². The van der Waals surface area contributed by atoms with E-state index in [1.807, 2.05) is 0 Å². The first-order valence-corrected chi connectivity index (χ1v) is 8.31. The van der Waals surface area contributed by atoms with E-state index in [1.165, 1.54) is 17.4 Å². The van der Waals surface area contributed by atoms with Gasteiger partial charge in [0.1, 0.15) is 4.33 Å². The lowest BCUT2D eigenvalue weighted by molar-refractivity contribution is -0.385. The Morgan fingerprint density at radius 3 is 2.83 bits per heavy atom. The van der Waals surface area contributed by atoms with Crippen molar-refractivity contribution < 1.29 is 9.72 Å². The van der Waals surface area contributed by atoms with Crippen LogP contribution in [0.1, 0.15) is 12.0 Å².